The van der Waals surface area contributed by atoms with Crippen LogP contribution in [-0.2, 0) is 14.4 Å². The van der Waals surface area contributed by atoms with Crippen molar-refractivity contribution in [1.29, 1.82) is 0 Å². The number of carboxylic acids is 1. The zero-order valence-electron chi connectivity index (χ0n) is 12.9. The Hall–Kier alpha value is -1.28. The Morgan fingerprint density at radius 2 is 1.71 bits per heavy atom. The molecule has 0 aromatic carbocycles. The summed E-state index contributed by atoms with van der Waals surface area (Å²) in [6.45, 7) is 4.93. The quantitative estimate of drug-likeness (QED) is 0.467. The third-order valence-electron chi connectivity index (χ3n) is 2.89. The molecule has 0 bridgehead atoms. The molecule has 2 amide bonds. The van der Waals surface area contributed by atoms with Gasteiger partial charge in [0, 0.05) is 0 Å². The first kappa shape index (κ1) is 19.7. The van der Waals surface area contributed by atoms with Crippen LogP contribution in [0.25, 0.3) is 0 Å². The van der Waals surface area contributed by atoms with Gasteiger partial charge < -0.3 is 21.5 Å². The van der Waals surface area contributed by atoms with E-state index in [-0.39, 0.29) is 5.92 Å². The second-order valence-corrected chi connectivity index (χ2v) is 6.19. The molecule has 0 aromatic heterocycles. The molecule has 0 aliphatic heterocycles. The van der Waals surface area contributed by atoms with E-state index in [1.807, 2.05) is 6.26 Å². The van der Waals surface area contributed by atoms with Crippen LogP contribution in [0.3, 0.4) is 0 Å². The molecular weight excluding hydrogens is 294 g/mol. The van der Waals surface area contributed by atoms with Crippen molar-refractivity contribution in [1.82, 2.24) is 10.6 Å². The summed E-state index contributed by atoms with van der Waals surface area (Å²) in [4.78, 5) is 34.9. The molecule has 0 rings (SSSR count). The number of hydrogen-bond donors (Lipinski definition) is 4. The fourth-order valence-electron chi connectivity index (χ4n) is 1.58. The largest absolute Gasteiger partial charge is 0.480 e. The van der Waals surface area contributed by atoms with Crippen LogP contribution in [0.2, 0.25) is 0 Å². The SMILES string of the molecule is CSCC[C@H](NC(=O)[C@H](C)N)C(=O)N[C@H](C(=O)O)C(C)C. The number of rotatable bonds is 9. The smallest absolute Gasteiger partial charge is 0.326 e. The molecule has 0 aliphatic rings. The summed E-state index contributed by atoms with van der Waals surface area (Å²) in [5, 5.41) is 14.1. The zero-order valence-corrected chi connectivity index (χ0v) is 13.7. The molecule has 3 atom stereocenters. The lowest BCUT2D eigenvalue weighted by Gasteiger charge is -2.23. The Labute approximate surface area is 129 Å². The van der Waals surface area contributed by atoms with Crippen molar-refractivity contribution in [3.05, 3.63) is 0 Å². The Bertz CT molecular complexity index is 374. The highest BCUT2D eigenvalue weighted by atomic mass is 32.2. The number of amides is 2. The van der Waals surface area contributed by atoms with Crippen LogP contribution in [0.1, 0.15) is 27.2 Å². The van der Waals surface area contributed by atoms with Crippen molar-refractivity contribution in [2.75, 3.05) is 12.0 Å². The molecule has 0 radical (unpaired) electrons. The second-order valence-electron chi connectivity index (χ2n) is 5.20. The van der Waals surface area contributed by atoms with Gasteiger partial charge in [0.15, 0.2) is 0 Å². The first-order valence-electron chi connectivity index (χ1n) is 6.78. The average Bonchev–Trinajstić information content (AvgIpc) is 2.39. The lowest BCUT2D eigenvalue weighted by atomic mass is 10.0. The first-order valence-corrected chi connectivity index (χ1v) is 8.18. The summed E-state index contributed by atoms with van der Waals surface area (Å²) in [5.74, 6) is -1.62. The topological polar surface area (TPSA) is 122 Å². The van der Waals surface area contributed by atoms with E-state index < -0.39 is 35.9 Å². The van der Waals surface area contributed by atoms with Crippen molar-refractivity contribution in [3.8, 4) is 0 Å². The van der Waals surface area contributed by atoms with Gasteiger partial charge in [-0.2, -0.15) is 11.8 Å². The van der Waals surface area contributed by atoms with E-state index in [2.05, 4.69) is 10.6 Å². The number of aliphatic carboxylic acids is 1. The van der Waals surface area contributed by atoms with Crippen molar-refractivity contribution in [2.24, 2.45) is 11.7 Å². The monoisotopic (exact) mass is 319 g/mol. The molecule has 0 unspecified atom stereocenters. The minimum absolute atomic E-state index is 0.253. The lowest BCUT2D eigenvalue weighted by Crippen LogP contribution is -2.55. The minimum Gasteiger partial charge on any atom is -0.480 e. The summed E-state index contributed by atoms with van der Waals surface area (Å²) in [6, 6.07) is -2.49. The maximum absolute atomic E-state index is 12.2. The predicted molar refractivity (Wildman–Crippen MR) is 83.0 cm³/mol. The van der Waals surface area contributed by atoms with Gasteiger partial charge in [0.1, 0.15) is 12.1 Å². The molecule has 0 saturated heterocycles. The fraction of sp³-hybridized carbons (Fsp3) is 0.769. The zero-order chi connectivity index (χ0) is 16.6. The van der Waals surface area contributed by atoms with E-state index >= 15 is 0 Å². The number of hydrogen-bond acceptors (Lipinski definition) is 5. The Balaban J connectivity index is 4.84. The van der Waals surface area contributed by atoms with Crippen LogP contribution in [0.4, 0.5) is 0 Å². The number of carbonyl (C=O) groups is 3. The van der Waals surface area contributed by atoms with E-state index in [9.17, 15) is 14.4 Å². The van der Waals surface area contributed by atoms with Gasteiger partial charge in [-0.3, -0.25) is 9.59 Å². The van der Waals surface area contributed by atoms with Crippen molar-refractivity contribution < 1.29 is 19.5 Å². The van der Waals surface area contributed by atoms with E-state index in [1.165, 1.54) is 18.7 Å². The highest BCUT2D eigenvalue weighted by Gasteiger charge is 2.28. The van der Waals surface area contributed by atoms with Crippen molar-refractivity contribution in [2.45, 2.75) is 45.3 Å². The molecule has 0 aliphatic carbocycles. The molecule has 0 fully saturated rings. The fourth-order valence-corrected chi connectivity index (χ4v) is 2.05. The molecule has 21 heavy (non-hydrogen) atoms. The number of thioether (sulfide) groups is 1. The van der Waals surface area contributed by atoms with Crippen LogP contribution >= 0.6 is 11.8 Å². The van der Waals surface area contributed by atoms with Crippen LogP contribution in [0.15, 0.2) is 0 Å². The van der Waals surface area contributed by atoms with Gasteiger partial charge in [-0.15, -0.1) is 0 Å². The normalized spacial score (nSPS) is 15.1. The van der Waals surface area contributed by atoms with Gasteiger partial charge in [-0.05, 0) is 31.3 Å². The Kier molecular flexibility index (Phi) is 9.03. The number of carbonyl (C=O) groups excluding carboxylic acids is 2. The molecule has 5 N–H and O–H groups in total. The predicted octanol–water partition coefficient (Wildman–Crippen LogP) is -0.203. The van der Waals surface area contributed by atoms with Gasteiger partial charge in [0.05, 0.1) is 6.04 Å². The van der Waals surface area contributed by atoms with Gasteiger partial charge in [-0.25, -0.2) is 4.79 Å². The molecule has 8 heteroatoms. The molecule has 0 heterocycles. The first-order chi connectivity index (χ1) is 9.70. The molecular formula is C13H25N3O4S. The van der Waals surface area contributed by atoms with Crippen molar-refractivity contribution >= 4 is 29.5 Å². The summed E-state index contributed by atoms with van der Waals surface area (Å²) in [6.07, 6.45) is 2.30. The minimum atomic E-state index is -1.10. The summed E-state index contributed by atoms with van der Waals surface area (Å²) in [7, 11) is 0. The second kappa shape index (κ2) is 9.62. The van der Waals surface area contributed by atoms with Gasteiger partial charge in [0.2, 0.25) is 11.8 Å². The van der Waals surface area contributed by atoms with Crippen LogP contribution in [0, 0.1) is 5.92 Å². The maximum atomic E-state index is 12.2. The summed E-state index contributed by atoms with van der Waals surface area (Å²) >= 11 is 1.54. The maximum Gasteiger partial charge on any atom is 0.326 e. The molecule has 122 valence electrons. The highest BCUT2D eigenvalue weighted by molar-refractivity contribution is 7.98. The standard InChI is InChI=1S/C13H25N3O4S/c1-7(2)10(13(19)20)16-12(18)9(5-6-21-4)15-11(17)8(3)14/h7-10H,5-6,14H2,1-4H3,(H,15,17)(H,16,18)(H,19,20)/t8-,9-,10-/m0/s1. The van der Waals surface area contributed by atoms with Gasteiger partial charge >= 0.3 is 5.97 Å². The molecule has 0 aromatic rings. The van der Waals surface area contributed by atoms with Crippen LogP contribution < -0.4 is 16.4 Å². The summed E-state index contributed by atoms with van der Waals surface area (Å²) in [5.41, 5.74) is 5.47. The van der Waals surface area contributed by atoms with E-state index in [0.717, 1.165) is 0 Å². The molecule has 0 spiro atoms. The number of nitrogens with two attached hydrogens (primary N) is 1. The number of carboxylic acid groups (broad SMARTS) is 1. The van der Waals surface area contributed by atoms with Crippen LogP contribution in [0.5, 0.6) is 0 Å². The number of nitrogens with one attached hydrogen (secondary N) is 2. The third-order valence-corrected chi connectivity index (χ3v) is 3.53. The van der Waals surface area contributed by atoms with Crippen LogP contribution in [-0.4, -0.2) is 53.0 Å². The molecule has 7 nitrogen and oxygen atoms in total. The highest BCUT2D eigenvalue weighted by Crippen LogP contribution is 2.05. The summed E-state index contributed by atoms with van der Waals surface area (Å²) < 4.78 is 0. The van der Waals surface area contributed by atoms with Gasteiger partial charge in [0.25, 0.3) is 0 Å². The third kappa shape index (κ3) is 7.33. The van der Waals surface area contributed by atoms with Crippen molar-refractivity contribution in [3.63, 3.8) is 0 Å². The van der Waals surface area contributed by atoms with E-state index in [0.29, 0.717) is 12.2 Å². The lowest BCUT2D eigenvalue weighted by molar-refractivity contribution is -0.143. The molecule has 0 saturated carbocycles. The van der Waals surface area contributed by atoms with E-state index in [1.54, 1.807) is 13.8 Å². The average molecular weight is 319 g/mol. The van der Waals surface area contributed by atoms with Gasteiger partial charge in [-0.1, -0.05) is 13.8 Å². The Morgan fingerprint density at radius 1 is 1.14 bits per heavy atom. The van der Waals surface area contributed by atoms with E-state index in [4.69, 9.17) is 10.8 Å². The Morgan fingerprint density at radius 3 is 2.10 bits per heavy atom.